The molecule has 0 saturated carbocycles. The van der Waals surface area contributed by atoms with E-state index in [1.165, 1.54) is 5.56 Å². The van der Waals surface area contributed by atoms with Crippen LogP contribution in [0.4, 0.5) is 15.3 Å². The molecule has 0 unspecified atom stereocenters. The van der Waals surface area contributed by atoms with Crippen LogP contribution in [0.1, 0.15) is 24.0 Å². The van der Waals surface area contributed by atoms with Gasteiger partial charge in [0, 0.05) is 38.8 Å². The van der Waals surface area contributed by atoms with Crippen LogP contribution in [0.15, 0.2) is 48.5 Å². The zero-order valence-electron chi connectivity index (χ0n) is 17.2. The van der Waals surface area contributed by atoms with Crippen LogP contribution >= 0.6 is 11.6 Å². The molecule has 6 nitrogen and oxygen atoms in total. The number of halogens is 1. The van der Waals surface area contributed by atoms with E-state index < -0.39 is 0 Å². The maximum atomic E-state index is 12.9. The first-order chi connectivity index (χ1) is 14.5. The molecule has 30 heavy (non-hydrogen) atoms. The lowest BCUT2D eigenvalue weighted by atomic mass is 10.0. The summed E-state index contributed by atoms with van der Waals surface area (Å²) in [5, 5.41) is 3.40. The van der Waals surface area contributed by atoms with Crippen molar-refractivity contribution in [3.05, 3.63) is 64.7 Å². The summed E-state index contributed by atoms with van der Waals surface area (Å²) in [4.78, 5) is 31.2. The SMILES string of the molecule is Cc1cccc(CN2CCN(C3CCN(C(=O)Nc4ccccc4Cl)CC3)C2=O)c1. The number of nitrogens with one attached hydrogen (secondary N) is 1. The Morgan fingerprint density at radius 3 is 2.57 bits per heavy atom. The first-order valence-corrected chi connectivity index (χ1v) is 10.8. The van der Waals surface area contributed by atoms with Crippen molar-refractivity contribution in [1.82, 2.24) is 14.7 Å². The van der Waals surface area contributed by atoms with Gasteiger partial charge in [0.05, 0.1) is 10.7 Å². The van der Waals surface area contributed by atoms with Gasteiger partial charge in [0.15, 0.2) is 0 Å². The number of hydrogen-bond acceptors (Lipinski definition) is 2. The van der Waals surface area contributed by atoms with Gasteiger partial charge in [-0.05, 0) is 37.5 Å². The Bertz CT molecular complexity index is 927. The summed E-state index contributed by atoms with van der Waals surface area (Å²) in [6.07, 6.45) is 1.58. The number of likely N-dealkylation sites (tertiary alicyclic amines) is 1. The van der Waals surface area contributed by atoms with Crippen molar-refractivity contribution >= 4 is 29.4 Å². The zero-order valence-corrected chi connectivity index (χ0v) is 17.9. The van der Waals surface area contributed by atoms with Gasteiger partial charge in [0.2, 0.25) is 0 Å². The summed E-state index contributed by atoms with van der Waals surface area (Å²) >= 11 is 6.13. The summed E-state index contributed by atoms with van der Waals surface area (Å²) < 4.78 is 0. The third kappa shape index (κ3) is 4.54. The summed E-state index contributed by atoms with van der Waals surface area (Å²) in [6, 6.07) is 15.7. The minimum Gasteiger partial charge on any atom is -0.324 e. The van der Waals surface area contributed by atoms with Crippen LogP contribution in [-0.4, -0.2) is 59.0 Å². The first kappa shape index (κ1) is 20.5. The van der Waals surface area contributed by atoms with E-state index in [0.717, 1.165) is 31.5 Å². The van der Waals surface area contributed by atoms with Gasteiger partial charge in [-0.3, -0.25) is 0 Å². The highest BCUT2D eigenvalue weighted by Crippen LogP contribution is 2.25. The molecule has 0 aliphatic carbocycles. The summed E-state index contributed by atoms with van der Waals surface area (Å²) in [5.74, 6) is 0. The topological polar surface area (TPSA) is 55.9 Å². The molecule has 2 aromatic rings. The van der Waals surface area contributed by atoms with Gasteiger partial charge in [0.25, 0.3) is 0 Å². The molecular formula is C23H27ClN4O2. The van der Waals surface area contributed by atoms with Crippen LogP contribution in [0.2, 0.25) is 5.02 Å². The predicted molar refractivity (Wildman–Crippen MR) is 119 cm³/mol. The Balaban J connectivity index is 1.29. The molecule has 0 aromatic heterocycles. The van der Waals surface area contributed by atoms with Crippen molar-refractivity contribution in [2.45, 2.75) is 32.4 Å². The number of urea groups is 2. The number of piperidine rings is 1. The van der Waals surface area contributed by atoms with Gasteiger partial charge in [-0.1, -0.05) is 53.6 Å². The lowest BCUT2D eigenvalue weighted by Crippen LogP contribution is -2.49. The van der Waals surface area contributed by atoms with Crippen molar-refractivity contribution in [1.29, 1.82) is 0 Å². The highest BCUT2D eigenvalue weighted by atomic mass is 35.5. The standard InChI is InChI=1S/C23H27ClN4O2/c1-17-5-4-6-18(15-17)16-27-13-14-28(23(27)30)19-9-11-26(12-10-19)22(29)25-21-8-3-2-7-20(21)24/h2-8,15,19H,9-14,16H2,1H3,(H,25,29). The lowest BCUT2D eigenvalue weighted by molar-refractivity contribution is 0.139. The zero-order chi connectivity index (χ0) is 21.1. The second-order valence-electron chi connectivity index (χ2n) is 8.01. The predicted octanol–water partition coefficient (Wildman–Crippen LogP) is 4.58. The molecule has 2 fully saturated rings. The average molecular weight is 427 g/mol. The van der Waals surface area contributed by atoms with Gasteiger partial charge < -0.3 is 20.0 Å². The molecule has 4 amide bonds. The minimum atomic E-state index is -0.143. The van der Waals surface area contributed by atoms with Crippen molar-refractivity contribution in [3.8, 4) is 0 Å². The summed E-state index contributed by atoms with van der Waals surface area (Å²) in [7, 11) is 0. The quantitative estimate of drug-likeness (QED) is 0.777. The van der Waals surface area contributed by atoms with Crippen LogP contribution in [-0.2, 0) is 6.54 Å². The van der Waals surface area contributed by atoms with Gasteiger partial charge in [0.1, 0.15) is 0 Å². The molecule has 1 N–H and O–H groups in total. The Labute approximate surface area is 182 Å². The molecule has 0 radical (unpaired) electrons. The lowest BCUT2D eigenvalue weighted by Gasteiger charge is -2.36. The number of anilines is 1. The normalized spacial score (nSPS) is 17.5. The Morgan fingerprint density at radius 2 is 1.83 bits per heavy atom. The molecule has 2 aliphatic heterocycles. The molecular weight excluding hydrogens is 400 g/mol. The first-order valence-electron chi connectivity index (χ1n) is 10.4. The molecule has 2 aromatic carbocycles. The van der Waals surface area contributed by atoms with E-state index in [1.807, 2.05) is 28.0 Å². The maximum absolute atomic E-state index is 12.9. The number of hydrogen-bond donors (Lipinski definition) is 1. The molecule has 158 valence electrons. The van der Waals surface area contributed by atoms with E-state index in [9.17, 15) is 9.59 Å². The molecule has 0 spiro atoms. The smallest absolute Gasteiger partial charge is 0.321 e. The molecule has 0 bridgehead atoms. The average Bonchev–Trinajstić information content (AvgIpc) is 3.10. The van der Waals surface area contributed by atoms with Crippen molar-refractivity contribution < 1.29 is 9.59 Å². The largest absolute Gasteiger partial charge is 0.324 e. The number of para-hydroxylation sites is 1. The van der Waals surface area contributed by atoms with Crippen molar-refractivity contribution in [3.63, 3.8) is 0 Å². The number of rotatable bonds is 4. The van der Waals surface area contributed by atoms with Crippen LogP contribution in [0.3, 0.4) is 0 Å². The minimum absolute atomic E-state index is 0.107. The van der Waals surface area contributed by atoms with Crippen molar-refractivity contribution in [2.24, 2.45) is 0 Å². The molecule has 2 aliphatic rings. The fraction of sp³-hybridized carbons (Fsp3) is 0.391. The molecule has 0 atom stereocenters. The summed E-state index contributed by atoms with van der Waals surface area (Å²) in [6.45, 7) is 5.47. The van der Waals surface area contributed by atoms with Gasteiger partial charge >= 0.3 is 12.1 Å². The second kappa shape index (κ2) is 8.96. The number of carbonyl (C=O) groups excluding carboxylic acids is 2. The van der Waals surface area contributed by atoms with E-state index in [2.05, 4.69) is 30.4 Å². The number of carbonyl (C=O) groups is 2. The molecule has 7 heteroatoms. The monoisotopic (exact) mass is 426 g/mol. The third-order valence-corrected chi connectivity index (χ3v) is 6.22. The van der Waals surface area contributed by atoms with E-state index in [-0.39, 0.29) is 18.1 Å². The van der Waals surface area contributed by atoms with Crippen LogP contribution in [0, 0.1) is 6.92 Å². The number of aryl methyl sites for hydroxylation is 1. The van der Waals surface area contributed by atoms with Gasteiger partial charge in [-0.15, -0.1) is 0 Å². The molecule has 2 saturated heterocycles. The Hall–Kier alpha value is -2.73. The van der Waals surface area contributed by atoms with E-state index in [1.54, 1.807) is 17.0 Å². The number of amides is 4. The van der Waals surface area contributed by atoms with E-state index in [4.69, 9.17) is 11.6 Å². The fourth-order valence-electron chi connectivity index (χ4n) is 4.26. The molecule has 4 rings (SSSR count). The molecule has 2 heterocycles. The Kier molecular flexibility index (Phi) is 6.13. The summed E-state index contributed by atoms with van der Waals surface area (Å²) in [5.41, 5.74) is 2.99. The van der Waals surface area contributed by atoms with Gasteiger partial charge in [-0.2, -0.15) is 0 Å². The fourth-order valence-corrected chi connectivity index (χ4v) is 4.44. The number of nitrogens with zero attached hydrogens (tertiary/aromatic N) is 3. The third-order valence-electron chi connectivity index (χ3n) is 5.89. The maximum Gasteiger partial charge on any atom is 0.321 e. The number of benzene rings is 2. The van der Waals surface area contributed by atoms with E-state index >= 15 is 0 Å². The van der Waals surface area contributed by atoms with Gasteiger partial charge in [-0.25, -0.2) is 9.59 Å². The highest BCUT2D eigenvalue weighted by Gasteiger charge is 2.36. The van der Waals surface area contributed by atoms with Crippen LogP contribution in [0.5, 0.6) is 0 Å². The Morgan fingerprint density at radius 1 is 1.07 bits per heavy atom. The van der Waals surface area contributed by atoms with E-state index in [0.29, 0.717) is 30.3 Å². The van der Waals surface area contributed by atoms with Crippen molar-refractivity contribution in [2.75, 3.05) is 31.5 Å². The van der Waals surface area contributed by atoms with Crippen LogP contribution in [0.25, 0.3) is 0 Å². The van der Waals surface area contributed by atoms with Crippen LogP contribution < -0.4 is 5.32 Å². The highest BCUT2D eigenvalue weighted by molar-refractivity contribution is 6.33. The second-order valence-corrected chi connectivity index (χ2v) is 8.42.